The van der Waals surface area contributed by atoms with E-state index in [-0.39, 0.29) is 17.5 Å². The van der Waals surface area contributed by atoms with Crippen LogP contribution in [0.4, 0.5) is 5.82 Å². The zero-order chi connectivity index (χ0) is 17.6. The number of anilines is 1. The largest absolute Gasteiger partial charge is 0.350 e. The Kier molecular flexibility index (Phi) is 5.25. The number of carbonyl (C=O) groups is 2. The average Bonchev–Trinajstić information content (AvgIpc) is 3.26. The van der Waals surface area contributed by atoms with Gasteiger partial charge in [0.25, 0.3) is 11.8 Å². The summed E-state index contributed by atoms with van der Waals surface area (Å²) in [4.78, 5) is 25.6. The van der Waals surface area contributed by atoms with Gasteiger partial charge in [-0.2, -0.15) is 5.10 Å². The van der Waals surface area contributed by atoms with Gasteiger partial charge in [0.15, 0.2) is 5.69 Å². The lowest BCUT2D eigenvalue weighted by Crippen LogP contribution is -2.26. The second-order valence-corrected chi connectivity index (χ2v) is 6.48. The Balaban J connectivity index is 1.59. The first kappa shape index (κ1) is 16.9. The van der Waals surface area contributed by atoms with E-state index >= 15 is 0 Å². The number of aryl methyl sites for hydroxylation is 1. The molecular formula is C18H18N4O2S. The zero-order valence-corrected chi connectivity index (χ0v) is 14.5. The van der Waals surface area contributed by atoms with Crippen molar-refractivity contribution in [2.75, 3.05) is 11.9 Å². The number of carbonyl (C=O) groups excluding carboxylic acids is 2. The van der Waals surface area contributed by atoms with Gasteiger partial charge in [0.05, 0.1) is 0 Å². The van der Waals surface area contributed by atoms with Crippen molar-refractivity contribution in [3.05, 3.63) is 70.0 Å². The van der Waals surface area contributed by atoms with Crippen LogP contribution in [-0.2, 0) is 13.5 Å². The molecule has 7 heteroatoms. The number of nitrogens with one attached hydrogen (secondary N) is 2. The summed E-state index contributed by atoms with van der Waals surface area (Å²) in [5.41, 5.74) is 0.822. The van der Waals surface area contributed by atoms with E-state index in [1.54, 1.807) is 48.7 Å². The zero-order valence-electron chi connectivity index (χ0n) is 13.7. The highest BCUT2D eigenvalue weighted by atomic mass is 32.1. The first-order valence-electron chi connectivity index (χ1n) is 7.84. The normalized spacial score (nSPS) is 10.4. The first-order chi connectivity index (χ1) is 12.1. The number of hydrogen-bond acceptors (Lipinski definition) is 4. The van der Waals surface area contributed by atoms with Gasteiger partial charge in [-0.1, -0.05) is 24.3 Å². The van der Waals surface area contributed by atoms with Crippen LogP contribution in [0.5, 0.6) is 0 Å². The van der Waals surface area contributed by atoms with E-state index in [1.807, 2.05) is 23.6 Å². The topological polar surface area (TPSA) is 76.0 Å². The monoisotopic (exact) mass is 354 g/mol. The molecule has 2 aromatic heterocycles. The fraction of sp³-hybridized carbons (Fsp3) is 0.167. The summed E-state index contributed by atoms with van der Waals surface area (Å²) < 4.78 is 1.48. The molecule has 128 valence electrons. The van der Waals surface area contributed by atoms with E-state index in [1.165, 1.54) is 9.56 Å². The van der Waals surface area contributed by atoms with Crippen molar-refractivity contribution in [3.63, 3.8) is 0 Å². The van der Waals surface area contributed by atoms with Crippen molar-refractivity contribution in [2.24, 2.45) is 7.05 Å². The van der Waals surface area contributed by atoms with Crippen LogP contribution in [0.1, 0.15) is 25.7 Å². The van der Waals surface area contributed by atoms with E-state index in [0.29, 0.717) is 17.9 Å². The third-order valence-electron chi connectivity index (χ3n) is 3.63. The molecule has 3 aromatic rings. The maximum atomic E-state index is 12.2. The summed E-state index contributed by atoms with van der Waals surface area (Å²) in [6, 6.07) is 14.5. The number of thiophene rings is 1. The van der Waals surface area contributed by atoms with Crippen LogP contribution >= 0.6 is 11.3 Å². The quantitative estimate of drug-likeness (QED) is 0.715. The van der Waals surface area contributed by atoms with E-state index in [2.05, 4.69) is 15.7 Å². The van der Waals surface area contributed by atoms with Gasteiger partial charge in [0.2, 0.25) is 0 Å². The fourth-order valence-electron chi connectivity index (χ4n) is 2.32. The molecular weight excluding hydrogens is 336 g/mol. The molecule has 2 amide bonds. The Bertz CT molecular complexity index is 857. The third-order valence-corrected chi connectivity index (χ3v) is 4.56. The van der Waals surface area contributed by atoms with E-state index in [9.17, 15) is 9.59 Å². The number of benzene rings is 1. The Morgan fingerprint density at radius 1 is 1.12 bits per heavy atom. The Hall–Kier alpha value is -2.93. The molecule has 0 atom stereocenters. The van der Waals surface area contributed by atoms with Crippen LogP contribution < -0.4 is 10.6 Å². The van der Waals surface area contributed by atoms with Gasteiger partial charge in [-0.3, -0.25) is 14.3 Å². The molecule has 0 saturated carbocycles. The Morgan fingerprint density at radius 2 is 1.92 bits per heavy atom. The molecule has 0 spiro atoms. The lowest BCUT2D eigenvalue weighted by atomic mass is 10.2. The van der Waals surface area contributed by atoms with E-state index < -0.39 is 0 Å². The Labute approximate surface area is 149 Å². The number of aromatic nitrogens is 2. The number of rotatable bonds is 6. The van der Waals surface area contributed by atoms with Crippen LogP contribution in [0.25, 0.3) is 0 Å². The highest BCUT2D eigenvalue weighted by Crippen LogP contribution is 2.12. The van der Waals surface area contributed by atoms with Crippen molar-refractivity contribution in [1.82, 2.24) is 15.1 Å². The fourth-order valence-corrected chi connectivity index (χ4v) is 3.03. The van der Waals surface area contributed by atoms with Crippen LogP contribution in [0.2, 0.25) is 0 Å². The van der Waals surface area contributed by atoms with Crippen LogP contribution in [0.15, 0.2) is 53.9 Å². The molecule has 2 N–H and O–H groups in total. The standard InChI is InChI=1S/C18H18N4O2S/c1-22-16(20-17(23)13-6-3-2-4-7-13)12-15(21-22)18(24)19-10-9-14-8-5-11-25-14/h2-8,11-12H,9-10H2,1H3,(H,19,24)(H,20,23). The molecule has 0 aliphatic rings. The first-order valence-corrected chi connectivity index (χ1v) is 8.72. The molecule has 1 aromatic carbocycles. The van der Waals surface area contributed by atoms with Gasteiger partial charge in [-0.25, -0.2) is 0 Å². The molecule has 0 unspecified atom stereocenters. The summed E-state index contributed by atoms with van der Waals surface area (Å²) >= 11 is 1.66. The second kappa shape index (κ2) is 7.76. The SMILES string of the molecule is Cn1nc(C(=O)NCCc2cccs2)cc1NC(=O)c1ccccc1. The van der Waals surface area contributed by atoms with E-state index in [0.717, 1.165) is 6.42 Å². The summed E-state index contributed by atoms with van der Waals surface area (Å²) in [6.07, 6.45) is 0.786. The van der Waals surface area contributed by atoms with Crippen molar-refractivity contribution >= 4 is 29.0 Å². The predicted octanol–water partition coefficient (Wildman–Crippen LogP) is 2.71. The Morgan fingerprint density at radius 3 is 2.64 bits per heavy atom. The smallest absolute Gasteiger partial charge is 0.271 e. The lowest BCUT2D eigenvalue weighted by molar-refractivity contribution is 0.0947. The highest BCUT2D eigenvalue weighted by molar-refractivity contribution is 7.09. The summed E-state index contributed by atoms with van der Waals surface area (Å²) in [6.45, 7) is 0.543. The summed E-state index contributed by atoms with van der Waals surface area (Å²) in [5.74, 6) is -0.0297. The molecule has 2 heterocycles. The van der Waals surface area contributed by atoms with Crippen molar-refractivity contribution in [1.29, 1.82) is 0 Å². The van der Waals surface area contributed by atoms with Gasteiger partial charge in [0.1, 0.15) is 5.82 Å². The molecule has 0 saturated heterocycles. The molecule has 25 heavy (non-hydrogen) atoms. The number of nitrogens with zero attached hydrogens (tertiary/aromatic N) is 2. The molecule has 0 aliphatic carbocycles. The van der Waals surface area contributed by atoms with Crippen molar-refractivity contribution in [2.45, 2.75) is 6.42 Å². The van der Waals surface area contributed by atoms with Gasteiger partial charge in [0, 0.05) is 30.1 Å². The van der Waals surface area contributed by atoms with Crippen molar-refractivity contribution < 1.29 is 9.59 Å². The average molecular weight is 354 g/mol. The molecule has 6 nitrogen and oxygen atoms in total. The van der Waals surface area contributed by atoms with Gasteiger partial charge < -0.3 is 10.6 Å². The van der Waals surface area contributed by atoms with Crippen LogP contribution in [-0.4, -0.2) is 28.1 Å². The third kappa shape index (κ3) is 4.33. The second-order valence-electron chi connectivity index (χ2n) is 5.44. The summed E-state index contributed by atoms with van der Waals surface area (Å²) in [7, 11) is 1.68. The molecule has 0 radical (unpaired) electrons. The maximum Gasteiger partial charge on any atom is 0.271 e. The lowest BCUT2D eigenvalue weighted by Gasteiger charge is -2.04. The maximum absolute atomic E-state index is 12.2. The minimum absolute atomic E-state index is 0.242. The summed E-state index contributed by atoms with van der Waals surface area (Å²) in [5, 5.41) is 11.8. The van der Waals surface area contributed by atoms with Gasteiger partial charge >= 0.3 is 0 Å². The van der Waals surface area contributed by atoms with E-state index in [4.69, 9.17) is 0 Å². The predicted molar refractivity (Wildman–Crippen MR) is 98.0 cm³/mol. The number of hydrogen-bond donors (Lipinski definition) is 2. The minimum atomic E-state index is -0.257. The molecule has 0 aliphatic heterocycles. The minimum Gasteiger partial charge on any atom is -0.350 e. The number of amides is 2. The van der Waals surface area contributed by atoms with Crippen molar-refractivity contribution in [3.8, 4) is 0 Å². The molecule has 0 bridgehead atoms. The molecule has 0 fully saturated rings. The van der Waals surface area contributed by atoms with Crippen LogP contribution in [0, 0.1) is 0 Å². The molecule has 3 rings (SSSR count). The van der Waals surface area contributed by atoms with Crippen LogP contribution in [0.3, 0.4) is 0 Å². The highest BCUT2D eigenvalue weighted by Gasteiger charge is 2.14. The van der Waals surface area contributed by atoms with Gasteiger partial charge in [-0.15, -0.1) is 11.3 Å². The van der Waals surface area contributed by atoms with Gasteiger partial charge in [-0.05, 0) is 30.0 Å².